The van der Waals surface area contributed by atoms with Crippen LogP contribution in [0.4, 0.5) is 5.69 Å². The van der Waals surface area contributed by atoms with E-state index in [4.69, 9.17) is 16.3 Å². The van der Waals surface area contributed by atoms with Crippen LogP contribution >= 0.6 is 11.6 Å². The van der Waals surface area contributed by atoms with Gasteiger partial charge in [-0.25, -0.2) is 0 Å². The zero-order chi connectivity index (χ0) is 19.4. The molecule has 27 heavy (non-hydrogen) atoms. The van der Waals surface area contributed by atoms with Crippen molar-refractivity contribution in [1.29, 1.82) is 0 Å². The first-order valence-electron chi connectivity index (χ1n) is 8.98. The third-order valence-electron chi connectivity index (χ3n) is 4.93. The van der Waals surface area contributed by atoms with E-state index in [2.05, 4.69) is 5.32 Å². The topological polar surface area (TPSA) is 58.6 Å². The van der Waals surface area contributed by atoms with Gasteiger partial charge in [0.2, 0.25) is 5.91 Å². The molecule has 2 aromatic rings. The zero-order valence-corrected chi connectivity index (χ0v) is 16.3. The quantitative estimate of drug-likeness (QED) is 0.858. The lowest BCUT2D eigenvalue weighted by molar-refractivity contribution is -0.121. The Balaban J connectivity index is 1.58. The standard InChI is InChI=1S/C21H23ClN2O3/c1-14-6-7-17(22)13-19(14)23-20(25)15-8-10-24(11-9-15)21(26)16-4-3-5-18(12-16)27-2/h3-7,12-13,15H,8-11H2,1-2H3,(H,23,25). The summed E-state index contributed by atoms with van der Waals surface area (Å²) in [4.78, 5) is 27.1. The third kappa shape index (κ3) is 4.61. The molecule has 0 unspecified atom stereocenters. The zero-order valence-electron chi connectivity index (χ0n) is 15.5. The van der Waals surface area contributed by atoms with E-state index < -0.39 is 0 Å². The van der Waals surface area contributed by atoms with Crippen molar-refractivity contribution in [2.24, 2.45) is 5.92 Å². The van der Waals surface area contributed by atoms with E-state index in [1.54, 1.807) is 42.3 Å². The number of carbonyl (C=O) groups excluding carboxylic acids is 2. The van der Waals surface area contributed by atoms with Crippen molar-refractivity contribution >= 4 is 29.1 Å². The number of rotatable bonds is 4. The SMILES string of the molecule is COc1cccc(C(=O)N2CCC(C(=O)Nc3cc(Cl)ccc3C)CC2)c1. The fourth-order valence-electron chi connectivity index (χ4n) is 3.25. The number of piperidine rings is 1. The van der Waals surface area contributed by atoms with Gasteiger partial charge in [-0.15, -0.1) is 0 Å². The van der Waals surface area contributed by atoms with Crippen LogP contribution in [0.15, 0.2) is 42.5 Å². The van der Waals surface area contributed by atoms with Crippen molar-refractivity contribution < 1.29 is 14.3 Å². The van der Waals surface area contributed by atoms with Crippen LogP contribution in [0.2, 0.25) is 5.02 Å². The summed E-state index contributed by atoms with van der Waals surface area (Å²) in [5, 5.41) is 3.56. The summed E-state index contributed by atoms with van der Waals surface area (Å²) < 4.78 is 5.18. The van der Waals surface area contributed by atoms with Gasteiger partial charge in [-0.1, -0.05) is 23.7 Å². The van der Waals surface area contributed by atoms with Crippen LogP contribution in [0.3, 0.4) is 0 Å². The van der Waals surface area contributed by atoms with Crippen molar-refractivity contribution in [3.63, 3.8) is 0 Å². The van der Waals surface area contributed by atoms with Crippen LogP contribution in [0.1, 0.15) is 28.8 Å². The number of methoxy groups -OCH3 is 1. The second-order valence-electron chi connectivity index (χ2n) is 6.75. The van der Waals surface area contributed by atoms with Crippen LogP contribution in [0, 0.1) is 12.8 Å². The fraction of sp³-hybridized carbons (Fsp3) is 0.333. The van der Waals surface area contributed by atoms with E-state index >= 15 is 0 Å². The molecule has 0 bridgehead atoms. The number of halogens is 1. The van der Waals surface area contributed by atoms with Crippen LogP contribution in [-0.4, -0.2) is 36.9 Å². The largest absolute Gasteiger partial charge is 0.497 e. The molecule has 0 radical (unpaired) electrons. The average molecular weight is 387 g/mol. The Morgan fingerprint density at radius 3 is 2.59 bits per heavy atom. The first-order valence-corrected chi connectivity index (χ1v) is 9.36. The molecular weight excluding hydrogens is 364 g/mol. The summed E-state index contributed by atoms with van der Waals surface area (Å²) in [5.74, 6) is 0.497. The normalized spacial score (nSPS) is 14.7. The van der Waals surface area contributed by atoms with E-state index in [-0.39, 0.29) is 17.7 Å². The minimum atomic E-state index is -0.113. The van der Waals surface area contributed by atoms with Gasteiger partial charge in [0, 0.05) is 35.3 Å². The lowest BCUT2D eigenvalue weighted by atomic mass is 9.95. The van der Waals surface area contributed by atoms with Crippen molar-refractivity contribution in [3.8, 4) is 5.75 Å². The summed E-state index contributed by atoms with van der Waals surface area (Å²) in [5.41, 5.74) is 2.31. The van der Waals surface area contributed by atoms with Crippen LogP contribution in [-0.2, 0) is 4.79 Å². The summed E-state index contributed by atoms with van der Waals surface area (Å²) >= 11 is 6.02. The molecule has 0 aliphatic carbocycles. The van der Waals surface area contributed by atoms with Crippen molar-refractivity contribution in [2.75, 3.05) is 25.5 Å². The number of amides is 2. The molecule has 142 valence electrons. The Bertz CT molecular complexity index is 845. The van der Waals surface area contributed by atoms with Gasteiger partial charge in [0.15, 0.2) is 0 Å². The third-order valence-corrected chi connectivity index (χ3v) is 5.16. The number of nitrogens with zero attached hydrogens (tertiary/aromatic N) is 1. The second kappa shape index (κ2) is 8.44. The summed E-state index contributed by atoms with van der Waals surface area (Å²) in [7, 11) is 1.58. The van der Waals surface area contributed by atoms with Crippen molar-refractivity contribution in [2.45, 2.75) is 19.8 Å². The van der Waals surface area contributed by atoms with Gasteiger partial charge in [-0.2, -0.15) is 0 Å². The van der Waals surface area contributed by atoms with E-state index in [1.807, 2.05) is 19.1 Å². The number of aryl methyl sites for hydroxylation is 1. The number of benzene rings is 2. The van der Waals surface area contributed by atoms with Gasteiger partial charge in [0.25, 0.3) is 5.91 Å². The highest BCUT2D eigenvalue weighted by molar-refractivity contribution is 6.31. The Hall–Kier alpha value is -2.53. The van der Waals surface area contributed by atoms with Gasteiger partial charge >= 0.3 is 0 Å². The Morgan fingerprint density at radius 1 is 1.15 bits per heavy atom. The van der Waals surface area contributed by atoms with E-state index in [1.165, 1.54) is 0 Å². The number of carbonyl (C=O) groups is 2. The van der Waals surface area contributed by atoms with Crippen LogP contribution < -0.4 is 10.1 Å². The highest BCUT2D eigenvalue weighted by Gasteiger charge is 2.28. The number of hydrogen-bond donors (Lipinski definition) is 1. The van der Waals surface area contributed by atoms with E-state index in [0.717, 1.165) is 11.3 Å². The monoisotopic (exact) mass is 386 g/mol. The molecule has 0 aromatic heterocycles. The number of ether oxygens (including phenoxy) is 1. The summed E-state index contributed by atoms with van der Waals surface area (Å²) in [6.07, 6.45) is 1.28. The van der Waals surface area contributed by atoms with Gasteiger partial charge in [0.05, 0.1) is 7.11 Å². The average Bonchev–Trinajstić information content (AvgIpc) is 2.70. The van der Waals surface area contributed by atoms with Crippen LogP contribution in [0.25, 0.3) is 0 Å². The van der Waals surface area contributed by atoms with Gasteiger partial charge < -0.3 is 15.0 Å². The molecule has 6 heteroatoms. The molecule has 5 nitrogen and oxygen atoms in total. The predicted octanol–water partition coefficient (Wildman–Crippen LogP) is 4.15. The minimum absolute atomic E-state index is 0.0196. The van der Waals surface area contributed by atoms with Gasteiger partial charge in [-0.3, -0.25) is 9.59 Å². The van der Waals surface area contributed by atoms with Crippen LogP contribution in [0.5, 0.6) is 5.75 Å². The molecule has 1 saturated heterocycles. The van der Waals surface area contributed by atoms with E-state index in [9.17, 15) is 9.59 Å². The van der Waals surface area contributed by atoms with Crippen molar-refractivity contribution in [1.82, 2.24) is 4.90 Å². The number of hydrogen-bond acceptors (Lipinski definition) is 3. The molecule has 3 rings (SSSR count). The first-order chi connectivity index (χ1) is 13.0. The lowest BCUT2D eigenvalue weighted by Gasteiger charge is -2.31. The number of nitrogens with one attached hydrogen (secondary N) is 1. The lowest BCUT2D eigenvalue weighted by Crippen LogP contribution is -2.41. The maximum atomic E-state index is 12.7. The molecule has 1 aliphatic rings. The fourth-order valence-corrected chi connectivity index (χ4v) is 3.42. The first kappa shape index (κ1) is 19.2. The molecule has 2 amide bonds. The predicted molar refractivity (Wildman–Crippen MR) is 106 cm³/mol. The molecule has 1 N–H and O–H groups in total. The maximum absolute atomic E-state index is 12.7. The maximum Gasteiger partial charge on any atom is 0.253 e. The number of anilines is 1. The molecule has 1 heterocycles. The highest BCUT2D eigenvalue weighted by atomic mass is 35.5. The smallest absolute Gasteiger partial charge is 0.253 e. The highest BCUT2D eigenvalue weighted by Crippen LogP contribution is 2.25. The minimum Gasteiger partial charge on any atom is -0.497 e. The molecular formula is C21H23ClN2O3. The molecule has 0 saturated carbocycles. The molecule has 1 aliphatic heterocycles. The molecule has 0 spiro atoms. The Labute approximate surface area is 164 Å². The molecule has 1 fully saturated rings. The second-order valence-corrected chi connectivity index (χ2v) is 7.18. The molecule has 0 atom stereocenters. The Morgan fingerprint density at radius 2 is 1.89 bits per heavy atom. The number of likely N-dealkylation sites (tertiary alicyclic amines) is 1. The van der Waals surface area contributed by atoms with E-state index in [0.29, 0.717) is 42.3 Å². The summed E-state index contributed by atoms with van der Waals surface area (Å²) in [6.45, 7) is 3.05. The van der Waals surface area contributed by atoms with Crippen molar-refractivity contribution in [3.05, 3.63) is 58.6 Å². The van der Waals surface area contributed by atoms with Gasteiger partial charge in [0.1, 0.15) is 5.75 Å². The summed E-state index contributed by atoms with van der Waals surface area (Å²) in [6, 6.07) is 12.6. The Kier molecular flexibility index (Phi) is 6.01. The molecule has 2 aromatic carbocycles. The van der Waals surface area contributed by atoms with Gasteiger partial charge in [-0.05, 0) is 55.7 Å².